The van der Waals surface area contributed by atoms with E-state index in [-0.39, 0.29) is 0 Å². The average Bonchev–Trinajstić information content (AvgIpc) is 3.22. The predicted octanol–water partition coefficient (Wildman–Crippen LogP) is 1.72. The van der Waals surface area contributed by atoms with Gasteiger partial charge in [-0.05, 0) is 38.1 Å². The fraction of sp³-hybridized carbons (Fsp3) is 0.429. The highest BCUT2D eigenvalue weighted by Gasteiger charge is 2.25. The lowest BCUT2D eigenvalue weighted by Crippen LogP contribution is -2.27. The van der Waals surface area contributed by atoms with Gasteiger partial charge in [0.15, 0.2) is 0 Å². The van der Waals surface area contributed by atoms with Crippen molar-refractivity contribution in [3.8, 4) is 0 Å². The van der Waals surface area contributed by atoms with E-state index in [0.717, 1.165) is 41.5 Å². The zero-order chi connectivity index (χ0) is 13.2. The minimum atomic E-state index is 0.727. The highest BCUT2D eigenvalue weighted by molar-refractivity contribution is 5.90. The summed E-state index contributed by atoms with van der Waals surface area (Å²) in [6, 6.07) is 6.52. The van der Waals surface area contributed by atoms with Gasteiger partial charge in [0.25, 0.3) is 0 Å². The molecule has 1 saturated carbocycles. The number of hydrogen-bond donors (Lipinski definition) is 2. The minimum absolute atomic E-state index is 0.727. The van der Waals surface area contributed by atoms with Gasteiger partial charge in [0.05, 0.1) is 5.52 Å². The number of hydrogen-bond acceptors (Lipinski definition) is 5. The summed E-state index contributed by atoms with van der Waals surface area (Å²) >= 11 is 0. The molecule has 1 heterocycles. The second kappa shape index (κ2) is 5.01. The van der Waals surface area contributed by atoms with Crippen LogP contribution in [0.25, 0.3) is 10.9 Å². The van der Waals surface area contributed by atoms with Crippen molar-refractivity contribution in [1.82, 2.24) is 14.9 Å². The Balaban J connectivity index is 1.69. The molecule has 0 atom stereocenters. The van der Waals surface area contributed by atoms with Crippen LogP contribution in [-0.4, -0.2) is 41.0 Å². The molecular formula is C14H19N5. The summed E-state index contributed by atoms with van der Waals surface area (Å²) in [5.41, 5.74) is 7.38. The Morgan fingerprint density at radius 2 is 2.21 bits per heavy atom. The molecule has 1 aromatic carbocycles. The third-order valence-electron chi connectivity index (χ3n) is 3.59. The molecule has 0 spiro atoms. The molecule has 0 amide bonds. The number of nitrogen functional groups attached to an aromatic ring is 1. The highest BCUT2D eigenvalue weighted by atomic mass is 15.2. The number of anilines is 2. The van der Waals surface area contributed by atoms with Crippen LogP contribution >= 0.6 is 0 Å². The van der Waals surface area contributed by atoms with Gasteiger partial charge < -0.3 is 16.0 Å². The van der Waals surface area contributed by atoms with E-state index >= 15 is 0 Å². The molecule has 1 aromatic heterocycles. The molecule has 2 aromatic rings. The van der Waals surface area contributed by atoms with Crippen molar-refractivity contribution in [2.24, 2.45) is 0 Å². The van der Waals surface area contributed by atoms with Gasteiger partial charge in [-0.25, -0.2) is 9.97 Å². The number of benzene rings is 1. The molecule has 5 heteroatoms. The first-order valence-corrected chi connectivity index (χ1v) is 6.68. The van der Waals surface area contributed by atoms with Gasteiger partial charge in [0.2, 0.25) is 0 Å². The maximum atomic E-state index is 5.77. The van der Waals surface area contributed by atoms with Gasteiger partial charge in [-0.3, -0.25) is 0 Å². The molecule has 5 nitrogen and oxygen atoms in total. The molecule has 100 valence electrons. The zero-order valence-electron chi connectivity index (χ0n) is 11.1. The van der Waals surface area contributed by atoms with Crippen LogP contribution in [0.3, 0.4) is 0 Å². The summed E-state index contributed by atoms with van der Waals surface area (Å²) < 4.78 is 0. The molecule has 0 aliphatic heterocycles. The van der Waals surface area contributed by atoms with Crippen molar-refractivity contribution in [3.63, 3.8) is 0 Å². The predicted molar refractivity (Wildman–Crippen MR) is 78.1 cm³/mol. The van der Waals surface area contributed by atoms with Crippen LogP contribution in [0.5, 0.6) is 0 Å². The molecule has 19 heavy (non-hydrogen) atoms. The van der Waals surface area contributed by atoms with Gasteiger partial charge in [-0.15, -0.1) is 0 Å². The van der Waals surface area contributed by atoms with E-state index in [1.807, 2.05) is 18.2 Å². The van der Waals surface area contributed by atoms with Gasteiger partial charge >= 0.3 is 0 Å². The maximum Gasteiger partial charge on any atom is 0.137 e. The molecule has 0 radical (unpaired) electrons. The number of likely N-dealkylation sites (N-methyl/N-ethyl adjacent to an activating group) is 1. The van der Waals surface area contributed by atoms with Crippen LogP contribution in [0, 0.1) is 0 Å². The molecule has 1 aliphatic carbocycles. The van der Waals surface area contributed by atoms with Crippen LogP contribution in [0.15, 0.2) is 24.5 Å². The summed E-state index contributed by atoms with van der Waals surface area (Å²) in [5.74, 6) is 0.884. The van der Waals surface area contributed by atoms with Crippen molar-refractivity contribution in [3.05, 3.63) is 24.5 Å². The molecule has 3 N–H and O–H groups in total. The SMILES string of the molecule is CN(CCNc1ncnc2cc(N)ccc12)C1CC1. The smallest absolute Gasteiger partial charge is 0.137 e. The lowest BCUT2D eigenvalue weighted by atomic mass is 10.2. The van der Waals surface area contributed by atoms with Gasteiger partial charge in [-0.2, -0.15) is 0 Å². The van der Waals surface area contributed by atoms with E-state index in [2.05, 4.69) is 27.2 Å². The van der Waals surface area contributed by atoms with Crippen LogP contribution in [0.4, 0.5) is 11.5 Å². The number of nitrogens with two attached hydrogens (primary N) is 1. The van der Waals surface area contributed by atoms with Crippen LogP contribution in [0.1, 0.15) is 12.8 Å². The molecule has 0 saturated heterocycles. The second-order valence-corrected chi connectivity index (χ2v) is 5.14. The van der Waals surface area contributed by atoms with E-state index in [4.69, 9.17) is 5.73 Å². The van der Waals surface area contributed by atoms with Crippen LogP contribution < -0.4 is 11.1 Å². The molecule has 3 rings (SSSR count). The summed E-state index contributed by atoms with van der Waals surface area (Å²) in [7, 11) is 2.18. The molecule has 1 fully saturated rings. The van der Waals surface area contributed by atoms with E-state index in [0.29, 0.717) is 0 Å². The maximum absolute atomic E-state index is 5.77. The Kier molecular flexibility index (Phi) is 3.21. The van der Waals surface area contributed by atoms with Crippen LogP contribution in [0.2, 0.25) is 0 Å². The minimum Gasteiger partial charge on any atom is -0.399 e. The van der Waals surface area contributed by atoms with E-state index < -0.39 is 0 Å². The lowest BCUT2D eigenvalue weighted by Gasteiger charge is -2.16. The second-order valence-electron chi connectivity index (χ2n) is 5.14. The zero-order valence-corrected chi connectivity index (χ0v) is 11.1. The summed E-state index contributed by atoms with van der Waals surface area (Å²) in [6.45, 7) is 1.93. The Morgan fingerprint density at radius 1 is 1.37 bits per heavy atom. The average molecular weight is 257 g/mol. The monoisotopic (exact) mass is 257 g/mol. The number of nitrogens with one attached hydrogen (secondary N) is 1. The Labute approximate surface area is 112 Å². The largest absolute Gasteiger partial charge is 0.399 e. The lowest BCUT2D eigenvalue weighted by molar-refractivity contribution is 0.337. The van der Waals surface area contributed by atoms with Crippen molar-refractivity contribution in [2.45, 2.75) is 18.9 Å². The van der Waals surface area contributed by atoms with Crippen molar-refractivity contribution in [1.29, 1.82) is 0 Å². The van der Waals surface area contributed by atoms with Gasteiger partial charge in [-0.1, -0.05) is 0 Å². The standard InChI is InChI=1S/C14H19N5/c1-19(11-3-4-11)7-6-16-14-12-5-2-10(15)8-13(12)17-9-18-14/h2,5,8-9,11H,3-4,6-7,15H2,1H3,(H,16,17,18). The number of nitrogens with zero attached hydrogens (tertiary/aromatic N) is 3. The Bertz CT molecular complexity index is 579. The van der Waals surface area contributed by atoms with E-state index in [1.54, 1.807) is 6.33 Å². The van der Waals surface area contributed by atoms with Crippen LogP contribution in [-0.2, 0) is 0 Å². The quantitative estimate of drug-likeness (QED) is 0.798. The van der Waals surface area contributed by atoms with Crippen molar-refractivity contribution < 1.29 is 0 Å². The number of aromatic nitrogens is 2. The summed E-state index contributed by atoms with van der Waals surface area (Å²) in [5, 5.41) is 4.41. The summed E-state index contributed by atoms with van der Waals surface area (Å²) in [4.78, 5) is 11.0. The van der Waals surface area contributed by atoms with Crippen molar-refractivity contribution >= 4 is 22.4 Å². The topological polar surface area (TPSA) is 67.1 Å². The normalized spacial score (nSPS) is 15.1. The fourth-order valence-corrected chi connectivity index (χ4v) is 2.26. The van der Waals surface area contributed by atoms with Gasteiger partial charge in [0, 0.05) is 30.2 Å². The van der Waals surface area contributed by atoms with Gasteiger partial charge in [0.1, 0.15) is 12.1 Å². The first-order valence-electron chi connectivity index (χ1n) is 6.68. The molecule has 0 bridgehead atoms. The Hall–Kier alpha value is -1.88. The summed E-state index contributed by atoms with van der Waals surface area (Å²) in [6.07, 6.45) is 4.26. The van der Waals surface area contributed by atoms with Crippen molar-refractivity contribution in [2.75, 3.05) is 31.2 Å². The molecular weight excluding hydrogens is 238 g/mol. The third kappa shape index (κ3) is 2.76. The molecule has 1 aliphatic rings. The fourth-order valence-electron chi connectivity index (χ4n) is 2.26. The molecule has 0 unspecified atom stereocenters. The first kappa shape index (κ1) is 12.2. The first-order chi connectivity index (χ1) is 9.24. The highest BCUT2D eigenvalue weighted by Crippen LogP contribution is 2.25. The third-order valence-corrected chi connectivity index (χ3v) is 3.59. The van der Waals surface area contributed by atoms with E-state index in [1.165, 1.54) is 12.8 Å². The number of fused-ring (bicyclic) bond motifs is 1. The van der Waals surface area contributed by atoms with E-state index in [9.17, 15) is 0 Å². The number of rotatable bonds is 5. The Morgan fingerprint density at radius 3 is 3.00 bits per heavy atom.